The van der Waals surface area contributed by atoms with Crippen molar-refractivity contribution in [2.75, 3.05) is 18.0 Å². The average Bonchev–Trinajstić information content (AvgIpc) is 2.77. The van der Waals surface area contributed by atoms with Gasteiger partial charge in [0.25, 0.3) is 17.6 Å². The first kappa shape index (κ1) is 11.9. The van der Waals surface area contributed by atoms with Crippen LogP contribution in [0.1, 0.15) is 17.5 Å². The normalized spacial score (nSPS) is 10.3. The Morgan fingerprint density at radius 3 is 2.61 bits per heavy atom. The van der Waals surface area contributed by atoms with Crippen LogP contribution in [0.2, 0.25) is 0 Å². The lowest BCUT2D eigenvalue weighted by atomic mass is 10.2. The molecule has 1 aromatic heterocycles. The van der Waals surface area contributed by atoms with Crippen LogP contribution >= 0.6 is 0 Å². The van der Waals surface area contributed by atoms with Crippen LogP contribution in [-0.4, -0.2) is 22.6 Å². The maximum absolute atomic E-state index is 11.5. The lowest BCUT2D eigenvalue weighted by Crippen LogP contribution is -2.23. The van der Waals surface area contributed by atoms with Gasteiger partial charge in [-0.2, -0.15) is 4.98 Å². The molecule has 0 atom stereocenters. The number of amides is 1. The number of carbonyl (C=O) groups excluding carboxylic acids is 1. The van der Waals surface area contributed by atoms with Crippen molar-refractivity contribution in [1.82, 2.24) is 15.5 Å². The minimum atomic E-state index is -0.385. The van der Waals surface area contributed by atoms with Crippen LogP contribution in [0.15, 0.2) is 22.7 Å². The van der Waals surface area contributed by atoms with E-state index >= 15 is 0 Å². The molecule has 0 fully saturated rings. The van der Waals surface area contributed by atoms with Gasteiger partial charge in [0.05, 0.1) is 0 Å². The van der Waals surface area contributed by atoms with Crippen LogP contribution in [0.25, 0.3) is 11.5 Å². The molecule has 1 heterocycles. The molecule has 2 rings (SSSR count). The first-order valence-electron chi connectivity index (χ1n) is 5.38. The molecule has 0 radical (unpaired) electrons. The highest BCUT2D eigenvalue weighted by molar-refractivity contribution is 5.90. The molecule has 5 N–H and O–H groups in total. The van der Waals surface area contributed by atoms with Gasteiger partial charge in [-0.15, -0.1) is 0 Å². The fourth-order valence-electron chi connectivity index (χ4n) is 1.47. The summed E-state index contributed by atoms with van der Waals surface area (Å²) >= 11 is 0. The number of nitrogens with one attached hydrogen (secondary N) is 1. The molecule has 7 nitrogen and oxygen atoms in total. The van der Waals surface area contributed by atoms with E-state index in [4.69, 9.17) is 16.0 Å². The zero-order valence-electron chi connectivity index (χ0n) is 9.80. The molecule has 94 valence electrons. The fraction of sp³-hybridized carbons (Fsp3) is 0.182. The van der Waals surface area contributed by atoms with E-state index in [0.717, 1.165) is 0 Å². The molecule has 0 spiro atoms. The summed E-state index contributed by atoms with van der Waals surface area (Å²) < 4.78 is 5.00. The third kappa shape index (κ3) is 2.40. The number of rotatable bonds is 3. The molecule has 0 aliphatic carbocycles. The predicted octanol–water partition coefficient (Wildman–Crippen LogP) is 0.651. The van der Waals surface area contributed by atoms with E-state index in [2.05, 4.69) is 15.5 Å². The van der Waals surface area contributed by atoms with Gasteiger partial charge in [0.2, 0.25) is 0 Å². The number of benzene rings is 1. The Kier molecular flexibility index (Phi) is 3.13. The molecule has 0 saturated carbocycles. The zero-order chi connectivity index (χ0) is 13.1. The Morgan fingerprint density at radius 2 is 2.00 bits per heavy atom. The standard InChI is InChI=1S/C11H13N5O2/c1-2-14-10(17)9-15-11(18-16-9)6-3-7(12)5-8(13)4-6/h3-5H,2,12-13H2,1H3,(H,14,17). The van der Waals surface area contributed by atoms with Crippen molar-refractivity contribution in [3.63, 3.8) is 0 Å². The van der Waals surface area contributed by atoms with E-state index in [0.29, 0.717) is 23.5 Å². The van der Waals surface area contributed by atoms with Crippen LogP contribution < -0.4 is 16.8 Å². The van der Waals surface area contributed by atoms with Crippen molar-refractivity contribution in [2.24, 2.45) is 0 Å². The van der Waals surface area contributed by atoms with Gasteiger partial charge in [0.1, 0.15) is 0 Å². The Hall–Kier alpha value is -2.57. The maximum Gasteiger partial charge on any atom is 0.292 e. The van der Waals surface area contributed by atoms with E-state index in [1.165, 1.54) is 0 Å². The summed E-state index contributed by atoms with van der Waals surface area (Å²) in [5.74, 6) is -0.201. The van der Waals surface area contributed by atoms with E-state index < -0.39 is 0 Å². The van der Waals surface area contributed by atoms with Crippen molar-refractivity contribution in [3.8, 4) is 11.5 Å². The Balaban J connectivity index is 2.32. The van der Waals surface area contributed by atoms with Crippen LogP contribution in [0, 0.1) is 0 Å². The van der Waals surface area contributed by atoms with Gasteiger partial charge in [-0.3, -0.25) is 4.79 Å². The predicted molar refractivity (Wildman–Crippen MR) is 66.6 cm³/mol. The van der Waals surface area contributed by atoms with Gasteiger partial charge in [0, 0.05) is 23.5 Å². The molecule has 1 aromatic carbocycles. The molecule has 0 saturated heterocycles. The first-order chi connectivity index (χ1) is 8.60. The van der Waals surface area contributed by atoms with Crippen molar-refractivity contribution in [1.29, 1.82) is 0 Å². The highest BCUT2D eigenvalue weighted by Crippen LogP contribution is 2.23. The smallest absolute Gasteiger partial charge is 0.292 e. The molecule has 0 aliphatic rings. The lowest BCUT2D eigenvalue weighted by molar-refractivity contribution is 0.0942. The molecular formula is C11H13N5O2. The Labute approximate surface area is 103 Å². The summed E-state index contributed by atoms with van der Waals surface area (Å²) in [6.07, 6.45) is 0. The summed E-state index contributed by atoms with van der Waals surface area (Å²) in [5.41, 5.74) is 12.9. The van der Waals surface area contributed by atoms with Crippen LogP contribution in [-0.2, 0) is 0 Å². The van der Waals surface area contributed by atoms with Gasteiger partial charge in [-0.05, 0) is 25.1 Å². The Morgan fingerprint density at radius 1 is 1.33 bits per heavy atom. The summed E-state index contributed by atoms with van der Waals surface area (Å²) in [5, 5.41) is 6.17. The molecule has 0 bridgehead atoms. The van der Waals surface area contributed by atoms with Gasteiger partial charge in [-0.25, -0.2) is 0 Å². The molecule has 0 aliphatic heterocycles. The molecule has 7 heteroatoms. The summed E-state index contributed by atoms with van der Waals surface area (Å²) in [6.45, 7) is 2.30. The number of nitrogens with two attached hydrogens (primary N) is 2. The largest absolute Gasteiger partial charge is 0.399 e. The van der Waals surface area contributed by atoms with Gasteiger partial charge < -0.3 is 21.3 Å². The number of carbonyl (C=O) groups is 1. The second-order valence-electron chi connectivity index (χ2n) is 3.67. The number of nitrogen functional groups attached to an aromatic ring is 2. The van der Waals surface area contributed by atoms with E-state index in [9.17, 15) is 4.79 Å². The van der Waals surface area contributed by atoms with Crippen LogP contribution in [0.4, 0.5) is 11.4 Å². The summed E-state index contributed by atoms with van der Waals surface area (Å²) in [4.78, 5) is 15.5. The van der Waals surface area contributed by atoms with Crippen molar-refractivity contribution >= 4 is 17.3 Å². The minimum Gasteiger partial charge on any atom is -0.399 e. The summed E-state index contributed by atoms with van der Waals surface area (Å²) in [6, 6.07) is 4.90. The van der Waals surface area contributed by atoms with Crippen molar-refractivity contribution < 1.29 is 9.32 Å². The molecule has 2 aromatic rings. The molecule has 1 amide bonds. The lowest BCUT2D eigenvalue weighted by Gasteiger charge is -1.99. The summed E-state index contributed by atoms with van der Waals surface area (Å²) in [7, 11) is 0. The second-order valence-corrected chi connectivity index (χ2v) is 3.67. The highest BCUT2D eigenvalue weighted by Gasteiger charge is 2.15. The third-order valence-electron chi connectivity index (χ3n) is 2.19. The monoisotopic (exact) mass is 247 g/mol. The van der Waals surface area contributed by atoms with E-state index in [-0.39, 0.29) is 17.6 Å². The van der Waals surface area contributed by atoms with E-state index in [1.807, 2.05) is 0 Å². The average molecular weight is 247 g/mol. The zero-order valence-corrected chi connectivity index (χ0v) is 9.80. The van der Waals surface area contributed by atoms with Crippen molar-refractivity contribution in [3.05, 3.63) is 24.0 Å². The third-order valence-corrected chi connectivity index (χ3v) is 2.19. The van der Waals surface area contributed by atoms with Crippen LogP contribution in [0.5, 0.6) is 0 Å². The number of nitrogens with zero attached hydrogens (tertiary/aromatic N) is 2. The molecular weight excluding hydrogens is 234 g/mol. The SMILES string of the molecule is CCNC(=O)c1noc(-c2cc(N)cc(N)c2)n1. The van der Waals surface area contributed by atoms with Gasteiger partial charge >= 0.3 is 0 Å². The second kappa shape index (κ2) is 4.74. The number of hydrogen-bond acceptors (Lipinski definition) is 6. The molecule has 18 heavy (non-hydrogen) atoms. The van der Waals surface area contributed by atoms with Gasteiger partial charge in [-0.1, -0.05) is 5.16 Å². The van der Waals surface area contributed by atoms with Crippen molar-refractivity contribution in [2.45, 2.75) is 6.92 Å². The number of anilines is 2. The first-order valence-corrected chi connectivity index (χ1v) is 5.38. The minimum absolute atomic E-state index is 0.0205. The maximum atomic E-state index is 11.5. The number of aromatic nitrogens is 2. The quantitative estimate of drug-likeness (QED) is 0.685. The Bertz CT molecular complexity index is 558. The van der Waals surface area contributed by atoms with E-state index in [1.54, 1.807) is 25.1 Å². The fourth-order valence-corrected chi connectivity index (χ4v) is 1.47. The van der Waals surface area contributed by atoms with Gasteiger partial charge in [0.15, 0.2) is 0 Å². The number of hydrogen-bond donors (Lipinski definition) is 3. The topological polar surface area (TPSA) is 120 Å². The van der Waals surface area contributed by atoms with Crippen LogP contribution in [0.3, 0.4) is 0 Å². The molecule has 0 unspecified atom stereocenters. The highest BCUT2D eigenvalue weighted by atomic mass is 16.5.